The summed E-state index contributed by atoms with van der Waals surface area (Å²) in [5.41, 5.74) is 0.854. The van der Waals surface area contributed by atoms with Crippen molar-refractivity contribution in [3.05, 3.63) is 65.8 Å². The quantitative estimate of drug-likeness (QED) is 0.705. The Hall–Kier alpha value is -2.60. The van der Waals surface area contributed by atoms with Crippen LogP contribution in [0, 0.1) is 0 Å². The van der Waals surface area contributed by atoms with Gasteiger partial charge in [-0.1, -0.05) is 24.6 Å². The van der Waals surface area contributed by atoms with Crippen molar-refractivity contribution in [2.24, 2.45) is 0 Å². The zero-order chi connectivity index (χ0) is 17.1. The van der Waals surface area contributed by atoms with E-state index in [9.17, 15) is 5.11 Å². The Morgan fingerprint density at radius 1 is 1.04 bits per heavy atom. The fraction of sp³-hybridized carbons (Fsp3) is 0.368. The van der Waals surface area contributed by atoms with Crippen molar-refractivity contribution in [3.63, 3.8) is 0 Å². The molecule has 2 heterocycles. The Morgan fingerprint density at radius 3 is 2.64 bits per heavy atom. The largest absolute Gasteiger partial charge is 0.508 e. The summed E-state index contributed by atoms with van der Waals surface area (Å²) in [5.74, 6) is 2.92. The molecule has 25 heavy (non-hydrogen) atoms. The zero-order valence-electron chi connectivity index (χ0n) is 14.0. The molecule has 0 radical (unpaired) electrons. The monoisotopic (exact) mass is 339 g/mol. The minimum atomic E-state index is 0.285. The summed E-state index contributed by atoms with van der Waals surface area (Å²) in [7, 11) is 0. The van der Waals surface area contributed by atoms with Gasteiger partial charge in [-0.25, -0.2) is 0 Å². The number of aromatic nitrogens is 2. The lowest BCUT2D eigenvalue weighted by Gasteiger charge is -2.21. The molecule has 130 valence electrons. The molecule has 0 atom stereocenters. The van der Waals surface area contributed by atoms with E-state index in [-0.39, 0.29) is 5.75 Å². The predicted molar refractivity (Wildman–Crippen MR) is 90.7 cm³/mol. The molecule has 1 aliphatic rings. The second-order valence-electron chi connectivity index (χ2n) is 6.52. The van der Waals surface area contributed by atoms with Gasteiger partial charge in [0.15, 0.2) is 0 Å². The normalized spacial score (nSPS) is 14.8. The first-order valence-corrected chi connectivity index (χ1v) is 8.62. The summed E-state index contributed by atoms with van der Waals surface area (Å²) in [6.45, 7) is 1.67. The average molecular weight is 339 g/mol. The van der Waals surface area contributed by atoms with Gasteiger partial charge in [0.1, 0.15) is 11.5 Å². The first-order valence-electron chi connectivity index (χ1n) is 8.62. The van der Waals surface area contributed by atoms with Crippen LogP contribution in [0.2, 0.25) is 0 Å². The molecule has 0 bridgehead atoms. The van der Waals surface area contributed by atoms with Gasteiger partial charge < -0.3 is 13.9 Å². The standard InChI is InChI=1S/C19H21N3O3/c23-17-9-2-1-5-15(17)11-22(12-16-8-4-10-24-16)13-18-20-21-19(25-18)14-6-3-7-14/h1-2,4-5,8-10,14,23H,3,6-7,11-13H2. The van der Waals surface area contributed by atoms with Crippen LogP contribution in [-0.4, -0.2) is 20.2 Å². The maximum Gasteiger partial charge on any atom is 0.230 e. The molecule has 0 aliphatic heterocycles. The van der Waals surface area contributed by atoms with Crippen molar-refractivity contribution < 1.29 is 13.9 Å². The molecule has 0 spiro atoms. The Morgan fingerprint density at radius 2 is 1.92 bits per heavy atom. The highest BCUT2D eigenvalue weighted by molar-refractivity contribution is 5.31. The molecular formula is C19H21N3O3. The average Bonchev–Trinajstić information content (AvgIpc) is 3.20. The number of nitrogens with zero attached hydrogens (tertiary/aromatic N) is 3. The van der Waals surface area contributed by atoms with Crippen LogP contribution in [0.3, 0.4) is 0 Å². The van der Waals surface area contributed by atoms with Gasteiger partial charge in [-0.2, -0.15) is 0 Å². The summed E-state index contributed by atoms with van der Waals surface area (Å²) in [6.07, 6.45) is 5.17. The van der Waals surface area contributed by atoms with E-state index < -0.39 is 0 Å². The molecule has 1 aromatic carbocycles. The van der Waals surface area contributed by atoms with E-state index >= 15 is 0 Å². The summed E-state index contributed by atoms with van der Waals surface area (Å²) in [5, 5.41) is 18.5. The van der Waals surface area contributed by atoms with Gasteiger partial charge in [-0.05, 0) is 31.0 Å². The van der Waals surface area contributed by atoms with Crippen molar-refractivity contribution in [1.82, 2.24) is 15.1 Å². The predicted octanol–water partition coefficient (Wildman–Crippen LogP) is 3.84. The molecule has 0 saturated heterocycles. The van der Waals surface area contributed by atoms with Gasteiger partial charge in [0.25, 0.3) is 0 Å². The van der Waals surface area contributed by atoms with Gasteiger partial charge in [-0.15, -0.1) is 10.2 Å². The first-order chi connectivity index (χ1) is 12.3. The van der Waals surface area contributed by atoms with E-state index in [4.69, 9.17) is 8.83 Å². The van der Waals surface area contributed by atoms with Gasteiger partial charge in [-0.3, -0.25) is 4.90 Å². The lowest BCUT2D eigenvalue weighted by molar-refractivity contribution is 0.198. The van der Waals surface area contributed by atoms with Crippen LogP contribution < -0.4 is 0 Å². The second kappa shape index (κ2) is 7.11. The van der Waals surface area contributed by atoms with Crippen LogP contribution in [0.25, 0.3) is 0 Å². The maximum absolute atomic E-state index is 10.1. The minimum Gasteiger partial charge on any atom is -0.508 e. The Kier molecular flexibility index (Phi) is 4.52. The van der Waals surface area contributed by atoms with Crippen molar-refractivity contribution in [2.75, 3.05) is 0 Å². The number of hydrogen-bond donors (Lipinski definition) is 1. The molecule has 6 heteroatoms. The summed E-state index contributed by atoms with van der Waals surface area (Å²) in [4.78, 5) is 2.12. The number of aromatic hydroxyl groups is 1. The molecule has 3 aromatic rings. The third kappa shape index (κ3) is 3.74. The van der Waals surface area contributed by atoms with Crippen LogP contribution in [0.5, 0.6) is 5.75 Å². The Balaban J connectivity index is 1.50. The summed E-state index contributed by atoms with van der Waals surface area (Å²) in [6, 6.07) is 11.2. The highest BCUT2D eigenvalue weighted by atomic mass is 16.4. The molecular weight excluding hydrogens is 318 g/mol. The number of phenols is 1. The first kappa shape index (κ1) is 15.9. The fourth-order valence-electron chi connectivity index (χ4n) is 3.02. The molecule has 1 fully saturated rings. The fourth-order valence-corrected chi connectivity index (χ4v) is 3.02. The lowest BCUT2D eigenvalue weighted by atomic mass is 9.85. The van der Waals surface area contributed by atoms with Crippen LogP contribution >= 0.6 is 0 Å². The Bertz CT molecular complexity index is 809. The van der Waals surface area contributed by atoms with E-state index in [1.54, 1.807) is 12.3 Å². The van der Waals surface area contributed by atoms with Crippen LogP contribution in [0.1, 0.15) is 48.3 Å². The van der Waals surface area contributed by atoms with Crippen molar-refractivity contribution in [3.8, 4) is 5.75 Å². The minimum absolute atomic E-state index is 0.285. The van der Waals surface area contributed by atoms with Gasteiger partial charge >= 0.3 is 0 Å². The van der Waals surface area contributed by atoms with E-state index in [2.05, 4.69) is 15.1 Å². The van der Waals surface area contributed by atoms with E-state index in [0.29, 0.717) is 31.4 Å². The van der Waals surface area contributed by atoms with E-state index in [1.807, 2.05) is 30.3 Å². The second-order valence-corrected chi connectivity index (χ2v) is 6.52. The molecule has 0 amide bonds. The molecule has 6 nitrogen and oxygen atoms in total. The maximum atomic E-state index is 10.1. The zero-order valence-corrected chi connectivity index (χ0v) is 14.0. The molecule has 2 aromatic heterocycles. The van der Waals surface area contributed by atoms with E-state index in [1.165, 1.54) is 6.42 Å². The number of hydrogen-bond acceptors (Lipinski definition) is 6. The van der Waals surface area contributed by atoms with Gasteiger partial charge in [0.2, 0.25) is 11.8 Å². The molecule has 4 rings (SSSR count). The molecule has 1 N–H and O–H groups in total. The highest BCUT2D eigenvalue weighted by Crippen LogP contribution is 2.35. The molecule has 0 unspecified atom stereocenters. The third-order valence-corrected chi connectivity index (χ3v) is 4.64. The number of rotatable bonds is 7. The van der Waals surface area contributed by atoms with Gasteiger partial charge in [0.05, 0.1) is 19.4 Å². The van der Waals surface area contributed by atoms with Crippen LogP contribution in [-0.2, 0) is 19.6 Å². The smallest absolute Gasteiger partial charge is 0.230 e. The van der Waals surface area contributed by atoms with Gasteiger partial charge in [0, 0.05) is 18.0 Å². The van der Waals surface area contributed by atoms with Crippen molar-refractivity contribution in [1.29, 1.82) is 0 Å². The highest BCUT2D eigenvalue weighted by Gasteiger charge is 2.25. The summed E-state index contributed by atoms with van der Waals surface area (Å²) >= 11 is 0. The van der Waals surface area contributed by atoms with Crippen molar-refractivity contribution >= 4 is 0 Å². The Labute approximate surface area is 146 Å². The van der Waals surface area contributed by atoms with E-state index in [0.717, 1.165) is 30.1 Å². The SMILES string of the molecule is Oc1ccccc1CN(Cc1ccco1)Cc1nnc(C2CCC2)o1. The molecule has 1 saturated carbocycles. The molecule has 1 aliphatic carbocycles. The van der Waals surface area contributed by atoms with Crippen molar-refractivity contribution in [2.45, 2.75) is 44.8 Å². The lowest BCUT2D eigenvalue weighted by Crippen LogP contribution is -2.22. The number of furan rings is 1. The number of phenolic OH excluding ortho intramolecular Hbond substituents is 1. The topological polar surface area (TPSA) is 75.5 Å². The number of benzene rings is 1. The van der Waals surface area contributed by atoms with Crippen LogP contribution in [0.15, 0.2) is 51.5 Å². The third-order valence-electron chi connectivity index (χ3n) is 4.64. The summed E-state index contributed by atoms with van der Waals surface area (Å²) < 4.78 is 11.3. The van der Waals surface area contributed by atoms with Crippen LogP contribution in [0.4, 0.5) is 0 Å². The number of para-hydroxylation sites is 1.